The highest BCUT2D eigenvalue weighted by Gasteiger charge is 2.21. The van der Waals surface area contributed by atoms with Gasteiger partial charge < -0.3 is 9.72 Å². The lowest BCUT2D eigenvalue weighted by Gasteiger charge is -2.35. The van der Waals surface area contributed by atoms with E-state index in [1.54, 1.807) is 6.33 Å². The SMILES string of the molecule is C[C@@H]1CN(CCc2cnc[nH]2)C[C@H](C)O1. The average Bonchev–Trinajstić information content (AvgIpc) is 2.65. The minimum absolute atomic E-state index is 0.357. The second kappa shape index (κ2) is 4.77. The Morgan fingerprint density at radius 3 is 2.80 bits per heavy atom. The maximum absolute atomic E-state index is 5.69. The average molecular weight is 209 g/mol. The quantitative estimate of drug-likeness (QED) is 0.809. The summed E-state index contributed by atoms with van der Waals surface area (Å²) in [6.07, 6.45) is 5.39. The lowest BCUT2D eigenvalue weighted by atomic mass is 10.2. The smallest absolute Gasteiger partial charge is 0.0921 e. The largest absolute Gasteiger partial charge is 0.373 e. The van der Waals surface area contributed by atoms with E-state index in [9.17, 15) is 0 Å². The highest BCUT2D eigenvalue weighted by atomic mass is 16.5. The zero-order valence-corrected chi connectivity index (χ0v) is 9.44. The summed E-state index contributed by atoms with van der Waals surface area (Å²) in [6.45, 7) is 7.44. The predicted molar refractivity (Wildman–Crippen MR) is 58.7 cm³/mol. The molecular weight excluding hydrogens is 190 g/mol. The number of H-pyrrole nitrogens is 1. The Kier molecular flexibility index (Phi) is 3.38. The number of ether oxygens (including phenoxy) is 1. The minimum atomic E-state index is 0.357. The molecule has 0 saturated carbocycles. The van der Waals surface area contributed by atoms with Crippen molar-refractivity contribution in [3.63, 3.8) is 0 Å². The standard InChI is InChI=1S/C11H19N3O/c1-9-6-14(7-10(2)15-9)4-3-11-5-12-8-13-11/h5,8-10H,3-4,6-7H2,1-2H3,(H,12,13)/t9-,10+. The summed E-state index contributed by atoms with van der Waals surface area (Å²) < 4.78 is 5.69. The summed E-state index contributed by atoms with van der Waals surface area (Å²) in [5.74, 6) is 0. The van der Waals surface area contributed by atoms with Gasteiger partial charge in [0.2, 0.25) is 0 Å². The maximum Gasteiger partial charge on any atom is 0.0921 e. The molecule has 1 aromatic heterocycles. The minimum Gasteiger partial charge on any atom is -0.373 e. The van der Waals surface area contributed by atoms with E-state index in [4.69, 9.17) is 4.74 Å². The summed E-state index contributed by atoms with van der Waals surface area (Å²) >= 11 is 0. The molecule has 0 radical (unpaired) electrons. The Bertz CT molecular complexity index is 276. The van der Waals surface area contributed by atoms with Crippen molar-refractivity contribution in [2.24, 2.45) is 0 Å². The Morgan fingerprint density at radius 1 is 1.47 bits per heavy atom. The normalized spacial score (nSPS) is 28.1. The van der Waals surface area contributed by atoms with E-state index >= 15 is 0 Å². The highest BCUT2D eigenvalue weighted by molar-refractivity contribution is 4.95. The molecule has 1 N–H and O–H groups in total. The van der Waals surface area contributed by atoms with Crippen molar-refractivity contribution in [3.8, 4) is 0 Å². The first-order valence-corrected chi connectivity index (χ1v) is 5.59. The van der Waals surface area contributed by atoms with Gasteiger partial charge in [0, 0.05) is 37.9 Å². The van der Waals surface area contributed by atoms with Crippen LogP contribution in [-0.2, 0) is 11.2 Å². The van der Waals surface area contributed by atoms with Gasteiger partial charge in [-0.2, -0.15) is 0 Å². The molecular formula is C11H19N3O. The van der Waals surface area contributed by atoms with Gasteiger partial charge in [-0.3, -0.25) is 4.90 Å². The van der Waals surface area contributed by atoms with Gasteiger partial charge in [0.25, 0.3) is 0 Å². The molecule has 0 spiro atoms. The molecule has 0 amide bonds. The van der Waals surface area contributed by atoms with Crippen LogP contribution in [0, 0.1) is 0 Å². The van der Waals surface area contributed by atoms with Gasteiger partial charge in [0.1, 0.15) is 0 Å². The van der Waals surface area contributed by atoms with Crippen LogP contribution in [0.1, 0.15) is 19.5 Å². The Morgan fingerprint density at radius 2 is 2.20 bits per heavy atom. The molecule has 0 aromatic carbocycles. The van der Waals surface area contributed by atoms with Gasteiger partial charge in [-0.1, -0.05) is 0 Å². The molecule has 1 aromatic rings. The van der Waals surface area contributed by atoms with Crippen LogP contribution in [0.2, 0.25) is 0 Å². The van der Waals surface area contributed by atoms with Gasteiger partial charge >= 0.3 is 0 Å². The zero-order chi connectivity index (χ0) is 10.7. The van der Waals surface area contributed by atoms with Crippen LogP contribution in [0.25, 0.3) is 0 Å². The van der Waals surface area contributed by atoms with Crippen molar-refractivity contribution >= 4 is 0 Å². The first-order chi connectivity index (χ1) is 7.24. The fourth-order valence-corrected chi connectivity index (χ4v) is 2.17. The molecule has 1 aliphatic heterocycles. The van der Waals surface area contributed by atoms with Gasteiger partial charge in [-0.25, -0.2) is 4.98 Å². The van der Waals surface area contributed by atoms with E-state index in [2.05, 4.69) is 28.7 Å². The molecule has 2 atom stereocenters. The van der Waals surface area contributed by atoms with E-state index in [0.29, 0.717) is 12.2 Å². The molecule has 15 heavy (non-hydrogen) atoms. The van der Waals surface area contributed by atoms with Gasteiger partial charge in [0.15, 0.2) is 0 Å². The van der Waals surface area contributed by atoms with Crippen LogP contribution in [0.4, 0.5) is 0 Å². The first-order valence-electron chi connectivity index (χ1n) is 5.59. The molecule has 1 saturated heterocycles. The molecule has 4 heteroatoms. The molecule has 0 unspecified atom stereocenters. The summed E-state index contributed by atoms with van der Waals surface area (Å²) in [5.41, 5.74) is 1.21. The van der Waals surface area contributed by atoms with Crippen LogP contribution in [0.5, 0.6) is 0 Å². The molecule has 2 rings (SSSR count). The van der Waals surface area contributed by atoms with Gasteiger partial charge in [0.05, 0.1) is 18.5 Å². The lowest BCUT2D eigenvalue weighted by molar-refractivity contribution is -0.0675. The van der Waals surface area contributed by atoms with Crippen LogP contribution in [0.15, 0.2) is 12.5 Å². The molecule has 0 bridgehead atoms. The summed E-state index contributed by atoms with van der Waals surface area (Å²) in [5, 5.41) is 0. The number of hydrogen-bond acceptors (Lipinski definition) is 3. The summed E-state index contributed by atoms with van der Waals surface area (Å²) in [6, 6.07) is 0. The predicted octanol–water partition coefficient (Wildman–Crippen LogP) is 1.06. The Hall–Kier alpha value is -0.870. The van der Waals surface area contributed by atoms with Gasteiger partial charge in [-0.05, 0) is 13.8 Å². The maximum atomic E-state index is 5.69. The number of aromatic amines is 1. The van der Waals surface area contributed by atoms with Crippen molar-refractivity contribution in [3.05, 3.63) is 18.2 Å². The van der Waals surface area contributed by atoms with Crippen LogP contribution in [-0.4, -0.2) is 46.7 Å². The molecule has 2 heterocycles. The second-order valence-electron chi connectivity index (χ2n) is 4.34. The number of hydrogen-bond donors (Lipinski definition) is 1. The number of imidazole rings is 1. The third kappa shape index (κ3) is 3.04. The fraction of sp³-hybridized carbons (Fsp3) is 0.727. The van der Waals surface area contributed by atoms with E-state index in [-0.39, 0.29) is 0 Å². The molecule has 84 valence electrons. The molecule has 1 fully saturated rings. The van der Waals surface area contributed by atoms with Crippen molar-refractivity contribution in [2.45, 2.75) is 32.5 Å². The third-order valence-corrected chi connectivity index (χ3v) is 2.75. The van der Waals surface area contributed by atoms with E-state index < -0.39 is 0 Å². The van der Waals surface area contributed by atoms with Crippen LogP contribution >= 0.6 is 0 Å². The van der Waals surface area contributed by atoms with Crippen molar-refractivity contribution in [1.29, 1.82) is 0 Å². The van der Waals surface area contributed by atoms with Crippen molar-refractivity contribution in [1.82, 2.24) is 14.9 Å². The van der Waals surface area contributed by atoms with Crippen molar-refractivity contribution in [2.75, 3.05) is 19.6 Å². The van der Waals surface area contributed by atoms with Crippen molar-refractivity contribution < 1.29 is 4.74 Å². The van der Waals surface area contributed by atoms with E-state index in [1.807, 2.05) is 6.20 Å². The summed E-state index contributed by atoms with van der Waals surface area (Å²) in [4.78, 5) is 9.61. The van der Waals surface area contributed by atoms with E-state index in [0.717, 1.165) is 26.1 Å². The third-order valence-electron chi connectivity index (χ3n) is 2.75. The number of nitrogens with zero attached hydrogens (tertiary/aromatic N) is 2. The van der Waals surface area contributed by atoms with E-state index in [1.165, 1.54) is 5.69 Å². The number of morpholine rings is 1. The second-order valence-corrected chi connectivity index (χ2v) is 4.34. The number of aromatic nitrogens is 2. The summed E-state index contributed by atoms with van der Waals surface area (Å²) in [7, 11) is 0. The molecule has 1 aliphatic rings. The zero-order valence-electron chi connectivity index (χ0n) is 9.44. The topological polar surface area (TPSA) is 41.2 Å². The Labute approximate surface area is 90.6 Å². The molecule has 0 aliphatic carbocycles. The fourth-order valence-electron chi connectivity index (χ4n) is 2.17. The van der Waals surface area contributed by atoms with Crippen LogP contribution in [0.3, 0.4) is 0 Å². The lowest BCUT2D eigenvalue weighted by Crippen LogP contribution is -2.46. The number of nitrogens with one attached hydrogen (secondary N) is 1. The number of rotatable bonds is 3. The molecule has 4 nitrogen and oxygen atoms in total. The highest BCUT2D eigenvalue weighted by Crippen LogP contribution is 2.10. The first kappa shape index (κ1) is 10.6. The van der Waals surface area contributed by atoms with Crippen LogP contribution < -0.4 is 0 Å². The Balaban J connectivity index is 1.79. The van der Waals surface area contributed by atoms with Gasteiger partial charge in [-0.15, -0.1) is 0 Å². The monoisotopic (exact) mass is 209 g/mol.